The molecule has 28 heavy (non-hydrogen) atoms. The Morgan fingerprint density at radius 2 is 1.89 bits per heavy atom. The second kappa shape index (κ2) is 9.39. The Morgan fingerprint density at radius 3 is 2.57 bits per heavy atom. The number of nitrogens with zero attached hydrogens (tertiary/aromatic N) is 2. The summed E-state index contributed by atoms with van der Waals surface area (Å²) in [5, 5.41) is 8.13. The normalized spacial score (nSPS) is 20.7. The molecule has 0 radical (unpaired) electrons. The molecule has 152 valence electrons. The van der Waals surface area contributed by atoms with Crippen molar-refractivity contribution in [1.82, 2.24) is 9.62 Å². The Balaban J connectivity index is 1.51. The second-order valence-corrected chi connectivity index (χ2v) is 9.51. The Kier molecular flexibility index (Phi) is 6.92. The number of rotatable bonds is 7. The summed E-state index contributed by atoms with van der Waals surface area (Å²) in [7, 11) is -3.42. The third kappa shape index (κ3) is 5.46. The highest BCUT2D eigenvalue weighted by atomic mass is 32.2. The summed E-state index contributed by atoms with van der Waals surface area (Å²) >= 11 is 0. The average molecular weight is 406 g/mol. The van der Waals surface area contributed by atoms with Crippen molar-refractivity contribution in [3.05, 3.63) is 29.8 Å². The molecule has 1 amide bonds. The van der Waals surface area contributed by atoms with Crippen molar-refractivity contribution in [3.63, 3.8) is 0 Å². The Morgan fingerprint density at radius 1 is 1.18 bits per heavy atom. The van der Waals surface area contributed by atoms with Gasteiger partial charge >= 0.3 is 0 Å². The minimum Gasteiger partial charge on any atom is -0.484 e. The van der Waals surface area contributed by atoms with Gasteiger partial charge in [0.25, 0.3) is 5.91 Å². The molecular weight excluding hydrogens is 378 g/mol. The predicted octanol–water partition coefficient (Wildman–Crippen LogP) is 1.98. The van der Waals surface area contributed by atoms with E-state index < -0.39 is 15.3 Å². The van der Waals surface area contributed by atoms with E-state index in [1.807, 2.05) is 0 Å². The van der Waals surface area contributed by atoms with Crippen molar-refractivity contribution in [2.24, 2.45) is 0 Å². The maximum absolute atomic E-state index is 12.7. The van der Waals surface area contributed by atoms with Crippen LogP contribution >= 0.6 is 0 Å². The average Bonchev–Trinajstić information content (AvgIpc) is 3.20. The highest BCUT2D eigenvalue weighted by Crippen LogP contribution is 2.22. The number of hydrogen-bond acceptors (Lipinski definition) is 5. The molecule has 2 fully saturated rings. The molecule has 1 aromatic rings. The molecule has 1 saturated heterocycles. The maximum atomic E-state index is 12.7. The van der Waals surface area contributed by atoms with E-state index in [2.05, 4.69) is 10.8 Å². The van der Waals surface area contributed by atoms with Crippen LogP contribution in [0.2, 0.25) is 0 Å². The summed E-state index contributed by atoms with van der Waals surface area (Å²) in [6.07, 6.45) is 5.51. The highest BCUT2D eigenvalue weighted by Gasteiger charge is 2.34. The molecule has 1 atom stereocenters. The zero-order valence-electron chi connectivity index (χ0n) is 16.0. The fraction of sp³-hybridized carbons (Fsp3) is 0.600. The van der Waals surface area contributed by atoms with Gasteiger partial charge in [-0.2, -0.15) is 5.26 Å². The van der Waals surface area contributed by atoms with E-state index in [0.717, 1.165) is 31.2 Å². The lowest BCUT2D eigenvalue weighted by atomic mass is 10.1. The van der Waals surface area contributed by atoms with E-state index in [9.17, 15) is 13.2 Å². The molecule has 1 saturated carbocycles. The molecule has 0 spiro atoms. The fourth-order valence-electron chi connectivity index (χ4n) is 3.82. The van der Waals surface area contributed by atoms with Crippen molar-refractivity contribution in [3.8, 4) is 11.8 Å². The molecule has 0 aromatic heterocycles. The van der Waals surface area contributed by atoms with Crippen LogP contribution in [0.5, 0.6) is 5.75 Å². The first kappa shape index (κ1) is 20.6. The van der Waals surface area contributed by atoms with Crippen LogP contribution in [0.25, 0.3) is 0 Å². The number of nitrogens with one attached hydrogen (secondary N) is 1. The molecule has 0 bridgehead atoms. The van der Waals surface area contributed by atoms with Crippen molar-refractivity contribution in [2.75, 3.05) is 19.7 Å². The van der Waals surface area contributed by atoms with Gasteiger partial charge in [-0.15, -0.1) is 0 Å². The Bertz CT molecular complexity index is 811. The lowest BCUT2D eigenvalue weighted by Gasteiger charge is -2.33. The van der Waals surface area contributed by atoms with Crippen LogP contribution in [0.3, 0.4) is 0 Å². The van der Waals surface area contributed by atoms with Crippen molar-refractivity contribution in [1.29, 1.82) is 5.26 Å². The monoisotopic (exact) mass is 405 g/mol. The van der Waals surface area contributed by atoms with Gasteiger partial charge in [0, 0.05) is 19.1 Å². The molecule has 2 aliphatic rings. The fourth-order valence-corrected chi connectivity index (χ4v) is 5.57. The van der Waals surface area contributed by atoms with E-state index in [4.69, 9.17) is 10.00 Å². The zero-order chi connectivity index (χ0) is 20.0. The van der Waals surface area contributed by atoms with Gasteiger partial charge in [0.05, 0.1) is 17.7 Å². The van der Waals surface area contributed by atoms with E-state index in [1.54, 1.807) is 29.2 Å². The number of carbonyl (C=O) groups is 1. The molecule has 1 unspecified atom stereocenters. The summed E-state index contributed by atoms with van der Waals surface area (Å²) < 4.78 is 33.7. The first-order valence-electron chi connectivity index (χ1n) is 9.85. The van der Waals surface area contributed by atoms with Gasteiger partial charge in [0.2, 0.25) is 10.0 Å². The number of benzene rings is 1. The minimum absolute atomic E-state index is 0.0448. The quantitative estimate of drug-likeness (QED) is 0.748. The van der Waals surface area contributed by atoms with E-state index in [-0.39, 0.29) is 25.1 Å². The van der Waals surface area contributed by atoms with Crippen LogP contribution in [-0.2, 0) is 21.2 Å². The van der Waals surface area contributed by atoms with Gasteiger partial charge in [-0.25, -0.2) is 13.1 Å². The highest BCUT2D eigenvalue weighted by molar-refractivity contribution is 7.90. The molecule has 8 heteroatoms. The number of hydrogen-bond donors (Lipinski definition) is 1. The van der Waals surface area contributed by atoms with Crippen molar-refractivity contribution >= 4 is 15.9 Å². The van der Waals surface area contributed by atoms with E-state index in [0.29, 0.717) is 31.6 Å². The van der Waals surface area contributed by atoms with Gasteiger partial charge in [-0.1, -0.05) is 25.0 Å². The number of nitriles is 1. The smallest absolute Gasteiger partial charge is 0.260 e. The number of ether oxygens (including phenoxy) is 1. The van der Waals surface area contributed by atoms with E-state index >= 15 is 0 Å². The van der Waals surface area contributed by atoms with Gasteiger partial charge in [0.15, 0.2) is 6.61 Å². The number of carbonyl (C=O) groups excluding carboxylic acids is 1. The molecule has 1 aliphatic heterocycles. The number of amides is 1. The molecule has 1 aliphatic carbocycles. The third-order valence-electron chi connectivity index (χ3n) is 5.42. The zero-order valence-corrected chi connectivity index (χ0v) is 16.8. The summed E-state index contributed by atoms with van der Waals surface area (Å²) in [5.41, 5.74) is 0.889. The number of piperidine rings is 1. The molecular formula is C20H27N3O4S. The second-order valence-electron chi connectivity index (χ2n) is 7.52. The van der Waals surface area contributed by atoms with Crippen LogP contribution in [0, 0.1) is 11.3 Å². The SMILES string of the molecule is N#CCc1ccc(OCC(=O)N2CCCC(S(=O)(=O)NC3CCCC3)C2)cc1. The van der Waals surface area contributed by atoms with Crippen molar-refractivity contribution < 1.29 is 17.9 Å². The lowest BCUT2D eigenvalue weighted by molar-refractivity contribution is -0.134. The first-order valence-corrected chi connectivity index (χ1v) is 11.4. The standard InChI is InChI=1S/C20H27N3O4S/c21-12-11-16-7-9-18(10-8-16)27-15-20(24)23-13-3-6-19(14-23)28(25,26)22-17-4-1-2-5-17/h7-10,17,19,22H,1-6,11,13-15H2. The summed E-state index contributed by atoms with van der Waals surface area (Å²) in [6, 6.07) is 9.17. The molecule has 7 nitrogen and oxygen atoms in total. The summed E-state index contributed by atoms with van der Waals surface area (Å²) in [5.74, 6) is 0.348. The first-order chi connectivity index (χ1) is 13.5. The summed E-state index contributed by atoms with van der Waals surface area (Å²) in [4.78, 5) is 14.1. The minimum atomic E-state index is -3.42. The molecule has 1 heterocycles. The Labute approximate surface area is 166 Å². The van der Waals surface area contributed by atoms with Gasteiger partial charge < -0.3 is 9.64 Å². The predicted molar refractivity (Wildman–Crippen MR) is 105 cm³/mol. The largest absolute Gasteiger partial charge is 0.484 e. The molecule has 1 aromatic carbocycles. The van der Waals surface area contributed by atoms with Crippen LogP contribution in [0.15, 0.2) is 24.3 Å². The van der Waals surface area contributed by atoms with Crippen LogP contribution in [-0.4, -0.2) is 50.2 Å². The van der Waals surface area contributed by atoms with Crippen LogP contribution in [0.4, 0.5) is 0 Å². The number of sulfonamides is 1. The maximum Gasteiger partial charge on any atom is 0.260 e. The van der Waals surface area contributed by atoms with Crippen LogP contribution < -0.4 is 9.46 Å². The van der Waals surface area contributed by atoms with Gasteiger partial charge in [-0.3, -0.25) is 4.79 Å². The lowest BCUT2D eigenvalue weighted by Crippen LogP contribution is -2.50. The number of likely N-dealkylation sites (tertiary alicyclic amines) is 1. The van der Waals surface area contributed by atoms with Gasteiger partial charge in [0.1, 0.15) is 5.75 Å². The topological polar surface area (TPSA) is 99.5 Å². The Hall–Kier alpha value is -2.11. The van der Waals surface area contributed by atoms with Crippen LogP contribution in [0.1, 0.15) is 44.1 Å². The van der Waals surface area contributed by atoms with Gasteiger partial charge in [-0.05, 0) is 43.4 Å². The van der Waals surface area contributed by atoms with E-state index in [1.165, 1.54) is 0 Å². The summed E-state index contributed by atoms with van der Waals surface area (Å²) in [6.45, 7) is 0.643. The van der Waals surface area contributed by atoms with Crippen molar-refractivity contribution in [2.45, 2.75) is 56.2 Å². The third-order valence-corrected chi connectivity index (χ3v) is 7.35. The molecule has 1 N–H and O–H groups in total. The molecule has 3 rings (SSSR count).